The summed E-state index contributed by atoms with van der Waals surface area (Å²) in [6.07, 6.45) is 0. The van der Waals surface area contributed by atoms with Gasteiger partial charge in [-0.1, -0.05) is 0 Å². The zero-order valence-corrected chi connectivity index (χ0v) is 11.1. The smallest absolute Gasteiger partial charge is 0.294 e. The van der Waals surface area contributed by atoms with Crippen LogP contribution in [0.5, 0.6) is 6.01 Å². The standard InChI is InChI=1S/C8H6I2N2O/c1-13-8-11-5-3-2-4(9)6(10)7(5)12-8/h2-3H,1H3,(H,11,12). The largest absolute Gasteiger partial charge is 0.468 e. The predicted octanol–water partition coefficient (Wildman–Crippen LogP) is 2.78. The van der Waals surface area contributed by atoms with Crippen molar-refractivity contribution in [3.63, 3.8) is 0 Å². The molecule has 0 amide bonds. The first-order valence-electron chi connectivity index (χ1n) is 3.60. The summed E-state index contributed by atoms with van der Waals surface area (Å²) in [5, 5.41) is 0. The Balaban J connectivity index is 2.76. The number of imidazole rings is 1. The molecule has 13 heavy (non-hydrogen) atoms. The highest BCUT2D eigenvalue weighted by molar-refractivity contribution is 14.1. The molecular formula is C8H6I2N2O. The molecule has 0 fully saturated rings. The molecule has 2 rings (SSSR count). The molecule has 0 aliphatic heterocycles. The Kier molecular flexibility index (Phi) is 2.63. The van der Waals surface area contributed by atoms with Crippen LogP contribution in [0.15, 0.2) is 12.1 Å². The second-order valence-electron chi connectivity index (χ2n) is 2.50. The van der Waals surface area contributed by atoms with E-state index < -0.39 is 0 Å². The van der Waals surface area contributed by atoms with Gasteiger partial charge in [0.05, 0.1) is 16.2 Å². The van der Waals surface area contributed by atoms with E-state index in [2.05, 4.69) is 61.2 Å². The minimum absolute atomic E-state index is 0.565. The quantitative estimate of drug-likeness (QED) is 0.749. The summed E-state index contributed by atoms with van der Waals surface area (Å²) in [6, 6.07) is 4.63. The minimum Gasteiger partial charge on any atom is -0.468 e. The Hall–Kier alpha value is -0.0500. The summed E-state index contributed by atoms with van der Waals surface area (Å²) in [5.41, 5.74) is 1.99. The van der Waals surface area contributed by atoms with Crippen molar-refractivity contribution in [1.82, 2.24) is 9.97 Å². The Morgan fingerprint density at radius 3 is 2.85 bits per heavy atom. The van der Waals surface area contributed by atoms with Gasteiger partial charge in [0.2, 0.25) is 0 Å². The van der Waals surface area contributed by atoms with Crippen LogP contribution in [-0.4, -0.2) is 17.1 Å². The molecule has 2 aromatic rings. The zero-order valence-electron chi connectivity index (χ0n) is 6.77. The van der Waals surface area contributed by atoms with Crippen molar-refractivity contribution in [1.29, 1.82) is 0 Å². The van der Waals surface area contributed by atoms with Crippen LogP contribution in [0.1, 0.15) is 0 Å². The molecule has 1 heterocycles. The van der Waals surface area contributed by atoms with E-state index in [1.165, 1.54) is 3.57 Å². The number of nitrogens with one attached hydrogen (secondary N) is 1. The fourth-order valence-electron chi connectivity index (χ4n) is 1.09. The van der Waals surface area contributed by atoms with Crippen molar-refractivity contribution in [3.8, 4) is 6.01 Å². The van der Waals surface area contributed by atoms with Gasteiger partial charge in [0.25, 0.3) is 6.01 Å². The van der Waals surface area contributed by atoms with Gasteiger partial charge < -0.3 is 9.72 Å². The maximum atomic E-state index is 5.02. The lowest BCUT2D eigenvalue weighted by atomic mass is 10.3. The summed E-state index contributed by atoms with van der Waals surface area (Å²) in [5.74, 6) is 0. The number of halogens is 2. The highest BCUT2D eigenvalue weighted by atomic mass is 127. The van der Waals surface area contributed by atoms with Crippen LogP contribution in [0.3, 0.4) is 0 Å². The molecule has 0 unspecified atom stereocenters. The van der Waals surface area contributed by atoms with Gasteiger partial charge in [-0.25, -0.2) is 0 Å². The third kappa shape index (κ3) is 1.63. The number of aromatic amines is 1. The number of hydrogen-bond donors (Lipinski definition) is 1. The van der Waals surface area contributed by atoms with Crippen LogP contribution >= 0.6 is 45.2 Å². The van der Waals surface area contributed by atoms with Crippen molar-refractivity contribution >= 4 is 56.2 Å². The summed E-state index contributed by atoms with van der Waals surface area (Å²) in [6.45, 7) is 0. The molecule has 0 radical (unpaired) electrons. The summed E-state index contributed by atoms with van der Waals surface area (Å²) in [4.78, 5) is 7.37. The van der Waals surface area contributed by atoms with E-state index >= 15 is 0 Å². The molecule has 0 saturated heterocycles. The van der Waals surface area contributed by atoms with E-state index in [4.69, 9.17) is 4.74 Å². The molecule has 5 heteroatoms. The van der Waals surface area contributed by atoms with Crippen LogP contribution in [0, 0.1) is 7.14 Å². The molecule has 0 bridgehead atoms. The third-order valence-corrected chi connectivity index (χ3v) is 4.74. The molecule has 0 saturated carbocycles. The maximum Gasteiger partial charge on any atom is 0.294 e. The van der Waals surface area contributed by atoms with Gasteiger partial charge in [0.15, 0.2) is 0 Å². The Morgan fingerprint density at radius 1 is 1.38 bits per heavy atom. The highest BCUT2D eigenvalue weighted by Crippen LogP contribution is 2.25. The molecule has 0 atom stereocenters. The van der Waals surface area contributed by atoms with Crippen molar-refractivity contribution < 1.29 is 4.74 Å². The molecule has 1 aromatic carbocycles. The van der Waals surface area contributed by atoms with Gasteiger partial charge in [0, 0.05) is 3.57 Å². The zero-order chi connectivity index (χ0) is 9.42. The molecular weight excluding hydrogens is 394 g/mol. The number of hydrogen-bond acceptors (Lipinski definition) is 2. The molecule has 1 aromatic heterocycles. The van der Waals surface area contributed by atoms with Crippen molar-refractivity contribution in [3.05, 3.63) is 19.3 Å². The number of methoxy groups -OCH3 is 1. The van der Waals surface area contributed by atoms with E-state index in [1.807, 2.05) is 6.07 Å². The Labute approximate surface area is 103 Å². The first kappa shape index (κ1) is 9.50. The molecule has 0 aliphatic carbocycles. The van der Waals surface area contributed by atoms with Crippen LogP contribution in [0.25, 0.3) is 11.0 Å². The summed E-state index contributed by atoms with van der Waals surface area (Å²) >= 11 is 4.58. The average Bonchev–Trinajstić information content (AvgIpc) is 2.55. The Bertz CT molecular complexity index is 453. The predicted molar refractivity (Wildman–Crippen MR) is 68.1 cm³/mol. The molecule has 3 nitrogen and oxygen atoms in total. The van der Waals surface area contributed by atoms with Crippen LogP contribution < -0.4 is 4.74 Å². The normalized spacial score (nSPS) is 10.7. The minimum atomic E-state index is 0.565. The van der Waals surface area contributed by atoms with Gasteiger partial charge in [-0.3, -0.25) is 0 Å². The van der Waals surface area contributed by atoms with Gasteiger partial charge in [-0.05, 0) is 57.3 Å². The van der Waals surface area contributed by atoms with Crippen molar-refractivity contribution in [2.75, 3.05) is 7.11 Å². The van der Waals surface area contributed by atoms with E-state index in [1.54, 1.807) is 7.11 Å². The van der Waals surface area contributed by atoms with Crippen LogP contribution in [0.4, 0.5) is 0 Å². The molecule has 0 aliphatic rings. The monoisotopic (exact) mass is 400 g/mol. The molecule has 68 valence electrons. The van der Waals surface area contributed by atoms with E-state index in [-0.39, 0.29) is 0 Å². The second kappa shape index (κ2) is 3.60. The summed E-state index contributed by atoms with van der Waals surface area (Å²) < 4.78 is 7.39. The van der Waals surface area contributed by atoms with Gasteiger partial charge in [0.1, 0.15) is 5.52 Å². The van der Waals surface area contributed by atoms with E-state index in [0.717, 1.165) is 14.6 Å². The van der Waals surface area contributed by atoms with Crippen LogP contribution in [-0.2, 0) is 0 Å². The average molecular weight is 400 g/mol. The number of H-pyrrole nitrogens is 1. The Morgan fingerprint density at radius 2 is 2.15 bits per heavy atom. The molecule has 0 spiro atoms. The van der Waals surface area contributed by atoms with Crippen LogP contribution in [0.2, 0.25) is 0 Å². The number of rotatable bonds is 1. The first-order chi connectivity index (χ1) is 6.22. The first-order valence-corrected chi connectivity index (χ1v) is 5.76. The summed E-state index contributed by atoms with van der Waals surface area (Å²) in [7, 11) is 1.61. The van der Waals surface area contributed by atoms with E-state index in [0.29, 0.717) is 6.01 Å². The second-order valence-corrected chi connectivity index (χ2v) is 4.74. The lowest BCUT2D eigenvalue weighted by molar-refractivity contribution is 0.386. The van der Waals surface area contributed by atoms with E-state index in [9.17, 15) is 0 Å². The lowest BCUT2D eigenvalue weighted by Crippen LogP contribution is -1.83. The number of aromatic nitrogens is 2. The fraction of sp³-hybridized carbons (Fsp3) is 0.125. The lowest BCUT2D eigenvalue weighted by Gasteiger charge is -1.94. The SMILES string of the molecule is COc1nc2c(I)c(I)ccc2[nH]1. The van der Waals surface area contributed by atoms with Gasteiger partial charge in [-0.2, -0.15) is 4.98 Å². The maximum absolute atomic E-state index is 5.02. The number of benzene rings is 1. The number of fused-ring (bicyclic) bond motifs is 1. The number of nitrogens with zero attached hydrogens (tertiary/aromatic N) is 1. The fourth-order valence-corrected chi connectivity index (χ4v) is 2.12. The van der Waals surface area contributed by atoms with Gasteiger partial charge >= 0.3 is 0 Å². The van der Waals surface area contributed by atoms with Gasteiger partial charge in [-0.15, -0.1) is 0 Å². The third-order valence-electron chi connectivity index (χ3n) is 1.72. The topological polar surface area (TPSA) is 37.9 Å². The highest BCUT2D eigenvalue weighted by Gasteiger charge is 2.07. The van der Waals surface area contributed by atoms with Crippen molar-refractivity contribution in [2.45, 2.75) is 0 Å². The van der Waals surface area contributed by atoms with Crippen molar-refractivity contribution in [2.24, 2.45) is 0 Å². The number of ether oxygens (including phenoxy) is 1. The molecule has 1 N–H and O–H groups in total.